The van der Waals surface area contributed by atoms with Gasteiger partial charge in [0.05, 0.1) is 5.41 Å². The largest absolute Gasteiger partial charge is 0.355 e. The van der Waals surface area contributed by atoms with Crippen LogP contribution in [0, 0.1) is 5.41 Å². The average molecular weight is 347 g/mol. The van der Waals surface area contributed by atoms with Gasteiger partial charge in [0.25, 0.3) is 0 Å². The molecule has 3 heterocycles. The Morgan fingerprint density at radius 3 is 2.83 bits per heavy atom. The third kappa shape index (κ3) is 2.79. The van der Waals surface area contributed by atoms with Gasteiger partial charge in [0.15, 0.2) is 5.16 Å². The Morgan fingerprint density at radius 2 is 2.04 bits per heavy atom. The molecule has 3 fully saturated rings. The molecule has 1 atom stereocenters. The summed E-state index contributed by atoms with van der Waals surface area (Å²) in [6.07, 6.45) is 11.9. The smallest absolute Gasteiger partial charge is 0.230 e. The van der Waals surface area contributed by atoms with E-state index in [1.165, 1.54) is 25.7 Å². The fourth-order valence-corrected chi connectivity index (χ4v) is 5.07. The van der Waals surface area contributed by atoms with Crippen molar-refractivity contribution >= 4 is 23.5 Å². The Balaban J connectivity index is 1.52. The van der Waals surface area contributed by atoms with E-state index in [9.17, 15) is 4.79 Å². The fraction of sp³-hybridized carbons (Fsp3) is 0.722. The summed E-state index contributed by atoms with van der Waals surface area (Å²) in [6, 6.07) is 2.48. The van der Waals surface area contributed by atoms with Crippen LogP contribution in [0.5, 0.6) is 0 Å². The minimum Gasteiger partial charge on any atom is -0.355 e. The van der Waals surface area contributed by atoms with Gasteiger partial charge in [0.2, 0.25) is 5.91 Å². The molecule has 1 spiro atoms. The van der Waals surface area contributed by atoms with Gasteiger partial charge in [-0.05, 0) is 44.4 Å². The molecule has 4 rings (SSSR count). The van der Waals surface area contributed by atoms with Gasteiger partial charge in [-0.15, -0.1) is 0 Å². The number of amides is 1. The molecule has 0 aromatic carbocycles. The zero-order valence-electron chi connectivity index (χ0n) is 14.4. The van der Waals surface area contributed by atoms with Crippen molar-refractivity contribution < 1.29 is 4.79 Å². The van der Waals surface area contributed by atoms with Crippen molar-refractivity contribution in [2.24, 2.45) is 5.41 Å². The van der Waals surface area contributed by atoms with Crippen molar-refractivity contribution in [3.63, 3.8) is 0 Å². The first-order chi connectivity index (χ1) is 11.7. The van der Waals surface area contributed by atoms with Crippen LogP contribution >= 0.6 is 11.8 Å². The zero-order chi connectivity index (χ0) is 16.6. The molecule has 1 amide bonds. The molecule has 0 unspecified atom stereocenters. The first-order valence-electron chi connectivity index (χ1n) is 9.15. The van der Waals surface area contributed by atoms with E-state index in [4.69, 9.17) is 0 Å². The van der Waals surface area contributed by atoms with Gasteiger partial charge in [0.1, 0.15) is 5.82 Å². The molecule has 5 nitrogen and oxygen atoms in total. The van der Waals surface area contributed by atoms with Crippen LogP contribution in [-0.2, 0) is 4.79 Å². The molecule has 1 saturated carbocycles. The highest BCUT2D eigenvalue weighted by Gasteiger charge is 2.50. The van der Waals surface area contributed by atoms with Gasteiger partial charge < -0.3 is 9.80 Å². The molecular formula is C18H26N4OS. The van der Waals surface area contributed by atoms with Crippen LogP contribution in [0.1, 0.15) is 44.9 Å². The van der Waals surface area contributed by atoms with Crippen LogP contribution in [0.2, 0.25) is 0 Å². The molecule has 0 radical (unpaired) electrons. The molecule has 1 aromatic rings. The van der Waals surface area contributed by atoms with Crippen molar-refractivity contribution in [2.75, 3.05) is 30.8 Å². The summed E-state index contributed by atoms with van der Waals surface area (Å²) in [7, 11) is 0. The number of carbonyl (C=O) groups excluding carboxylic acids is 1. The second-order valence-electron chi connectivity index (χ2n) is 7.39. The van der Waals surface area contributed by atoms with E-state index in [0.717, 1.165) is 49.9 Å². The number of carbonyl (C=O) groups is 1. The number of hydrogen-bond acceptors (Lipinski definition) is 5. The number of anilines is 1. The first kappa shape index (κ1) is 16.2. The number of hydrogen-bond donors (Lipinski definition) is 0. The van der Waals surface area contributed by atoms with Gasteiger partial charge in [-0.25, -0.2) is 9.97 Å². The molecule has 3 aliphatic rings. The first-order valence-corrected chi connectivity index (χ1v) is 10.4. The van der Waals surface area contributed by atoms with Crippen LogP contribution in [-0.4, -0.2) is 52.7 Å². The van der Waals surface area contributed by atoms with Crippen molar-refractivity contribution in [1.29, 1.82) is 0 Å². The molecule has 6 heteroatoms. The molecule has 130 valence electrons. The lowest BCUT2D eigenvalue weighted by Gasteiger charge is -2.42. The van der Waals surface area contributed by atoms with Crippen LogP contribution in [0.25, 0.3) is 0 Å². The van der Waals surface area contributed by atoms with Crippen molar-refractivity contribution in [2.45, 2.75) is 56.1 Å². The van der Waals surface area contributed by atoms with Crippen LogP contribution in [0.15, 0.2) is 17.4 Å². The van der Waals surface area contributed by atoms with Gasteiger partial charge in [-0.3, -0.25) is 4.79 Å². The molecule has 1 aliphatic carbocycles. The Labute approximate surface area is 148 Å². The fourth-order valence-electron chi connectivity index (χ4n) is 4.72. The predicted octanol–water partition coefficient (Wildman–Crippen LogP) is 2.96. The lowest BCUT2D eigenvalue weighted by Crippen LogP contribution is -2.53. The molecular weight excluding hydrogens is 320 g/mol. The monoisotopic (exact) mass is 346 g/mol. The van der Waals surface area contributed by atoms with E-state index in [2.05, 4.69) is 19.8 Å². The number of likely N-dealkylation sites (tertiary alicyclic amines) is 1. The maximum Gasteiger partial charge on any atom is 0.230 e. The molecule has 2 saturated heterocycles. The molecule has 0 bridgehead atoms. The standard InChI is InChI=1S/C18H26N4OS/c1-24-17-19-10-7-15(20-17)21-12-9-18(13-21)8-4-11-22(16(18)23)14-5-2-3-6-14/h7,10,14H,2-6,8-9,11-13H2,1H3/t18-/m0/s1. The SMILES string of the molecule is CSc1nccc(N2CC[C@@]3(CCCN(C4CCCC4)C3=O)C2)n1. The van der Waals surface area contributed by atoms with Gasteiger partial charge >= 0.3 is 0 Å². The summed E-state index contributed by atoms with van der Waals surface area (Å²) in [5, 5.41) is 0.802. The maximum absolute atomic E-state index is 13.3. The van der Waals surface area contributed by atoms with E-state index >= 15 is 0 Å². The van der Waals surface area contributed by atoms with E-state index in [-0.39, 0.29) is 5.41 Å². The summed E-state index contributed by atoms with van der Waals surface area (Å²) in [6.45, 7) is 2.71. The lowest BCUT2D eigenvalue weighted by atomic mass is 9.77. The number of rotatable bonds is 3. The average Bonchev–Trinajstić information content (AvgIpc) is 3.28. The Hall–Kier alpha value is -1.30. The third-order valence-electron chi connectivity index (χ3n) is 6.01. The van der Waals surface area contributed by atoms with Crippen LogP contribution < -0.4 is 4.90 Å². The van der Waals surface area contributed by atoms with Gasteiger partial charge in [-0.1, -0.05) is 24.6 Å². The van der Waals surface area contributed by atoms with E-state index < -0.39 is 0 Å². The van der Waals surface area contributed by atoms with Gasteiger partial charge in [0, 0.05) is 31.9 Å². The van der Waals surface area contributed by atoms with E-state index in [0.29, 0.717) is 11.9 Å². The van der Waals surface area contributed by atoms with Crippen molar-refractivity contribution in [3.05, 3.63) is 12.3 Å². The zero-order valence-corrected chi connectivity index (χ0v) is 15.2. The number of aromatic nitrogens is 2. The molecule has 1 aromatic heterocycles. The Bertz CT molecular complexity index is 619. The van der Waals surface area contributed by atoms with Gasteiger partial charge in [-0.2, -0.15) is 0 Å². The van der Waals surface area contributed by atoms with Crippen molar-refractivity contribution in [1.82, 2.24) is 14.9 Å². The Kier molecular flexibility index (Phi) is 4.41. The van der Waals surface area contributed by atoms with E-state index in [1.54, 1.807) is 11.8 Å². The summed E-state index contributed by atoms with van der Waals surface area (Å²) in [5.74, 6) is 1.39. The number of piperidine rings is 1. The Morgan fingerprint density at radius 1 is 1.21 bits per heavy atom. The van der Waals surface area contributed by atoms with Crippen LogP contribution in [0.3, 0.4) is 0 Å². The van der Waals surface area contributed by atoms with Crippen LogP contribution in [0.4, 0.5) is 5.82 Å². The highest BCUT2D eigenvalue weighted by molar-refractivity contribution is 7.98. The number of thioether (sulfide) groups is 1. The molecule has 0 N–H and O–H groups in total. The summed E-state index contributed by atoms with van der Waals surface area (Å²) in [4.78, 5) is 26.7. The molecule has 2 aliphatic heterocycles. The topological polar surface area (TPSA) is 49.3 Å². The van der Waals surface area contributed by atoms with Crippen molar-refractivity contribution in [3.8, 4) is 0 Å². The summed E-state index contributed by atoms with van der Waals surface area (Å²) in [5.41, 5.74) is -0.175. The second kappa shape index (κ2) is 6.54. The molecule has 24 heavy (non-hydrogen) atoms. The summed E-state index contributed by atoms with van der Waals surface area (Å²) < 4.78 is 0. The lowest BCUT2D eigenvalue weighted by molar-refractivity contribution is -0.147. The predicted molar refractivity (Wildman–Crippen MR) is 96.3 cm³/mol. The third-order valence-corrected chi connectivity index (χ3v) is 6.58. The number of nitrogens with zero attached hydrogens (tertiary/aromatic N) is 4. The highest BCUT2D eigenvalue weighted by atomic mass is 32.2. The summed E-state index contributed by atoms with van der Waals surface area (Å²) >= 11 is 1.56. The normalized spacial score (nSPS) is 28.3. The minimum absolute atomic E-state index is 0.175. The minimum atomic E-state index is -0.175. The second-order valence-corrected chi connectivity index (χ2v) is 8.17. The quantitative estimate of drug-likeness (QED) is 0.622. The van der Waals surface area contributed by atoms with E-state index in [1.807, 2.05) is 18.5 Å². The maximum atomic E-state index is 13.3. The highest BCUT2D eigenvalue weighted by Crippen LogP contribution is 2.43.